The molecule has 1 saturated carbocycles. The lowest BCUT2D eigenvalue weighted by atomic mass is 9.84. The first kappa shape index (κ1) is 14.1. The van der Waals surface area contributed by atoms with Gasteiger partial charge in [0.05, 0.1) is 5.25 Å². The van der Waals surface area contributed by atoms with Crippen LogP contribution < -0.4 is 5.32 Å². The van der Waals surface area contributed by atoms with Crippen LogP contribution in [0.2, 0.25) is 0 Å². The van der Waals surface area contributed by atoms with E-state index in [1.807, 2.05) is 0 Å². The summed E-state index contributed by atoms with van der Waals surface area (Å²) in [5.74, 6) is 0.531. The largest absolute Gasteiger partial charge is 0.310 e. The van der Waals surface area contributed by atoms with Gasteiger partial charge in [-0.3, -0.25) is 0 Å². The van der Waals surface area contributed by atoms with E-state index in [4.69, 9.17) is 0 Å². The fourth-order valence-electron chi connectivity index (χ4n) is 3.43. The second kappa shape index (κ2) is 5.15. The van der Waals surface area contributed by atoms with Crippen LogP contribution in [0.4, 0.5) is 0 Å². The highest BCUT2D eigenvalue weighted by Crippen LogP contribution is 2.35. The highest BCUT2D eigenvalue weighted by atomic mass is 32.2. The molecule has 20 heavy (non-hydrogen) atoms. The van der Waals surface area contributed by atoms with Crippen LogP contribution >= 0.6 is 0 Å². The molecule has 0 aromatic heterocycles. The van der Waals surface area contributed by atoms with Gasteiger partial charge in [-0.25, -0.2) is 8.42 Å². The molecule has 1 atom stereocenters. The molecule has 0 bridgehead atoms. The highest BCUT2D eigenvalue weighted by molar-refractivity contribution is 7.91. The number of benzene rings is 1. The first-order valence-electron chi connectivity index (χ1n) is 7.45. The van der Waals surface area contributed by atoms with E-state index in [2.05, 4.69) is 30.4 Å². The molecule has 1 N–H and O–H groups in total. The van der Waals surface area contributed by atoms with E-state index in [9.17, 15) is 8.42 Å². The lowest BCUT2D eigenvalue weighted by molar-refractivity contribution is 0.290. The quantitative estimate of drug-likeness (QED) is 0.927. The van der Waals surface area contributed by atoms with Crippen LogP contribution in [-0.4, -0.2) is 26.5 Å². The van der Waals surface area contributed by atoms with E-state index in [0.29, 0.717) is 12.0 Å². The standard InChI is InChI=1S/C16H23NO2S/c1-11-3-4-13-5-6-16(15(13)7-11)17-10-12-8-14(9-12)20(2,18)19/h3-4,7,12,14,16-17H,5-6,8-10H2,1-2H3. The van der Waals surface area contributed by atoms with Crippen molar-refractivity contribution in [3.63, 3.8) is 0 Å². The summed E-state index contributed by atoms with van der Waals surface area (Å²) in [6, 6.07) is 7.18. The van der Waals surface area contributed by atoms with Crippen LogP contribution in [-0.2, 0) is 16.3 Å². The maximum atomic E-state index is 11.4. The molecule has 1 unspecified atom stereocenters. The third-order valence-corrected chi connectivity index (χ3v) is 6.43. The Kier molecular flexibility index (Phi) is 3.63. The fourth-order valence-corrected chi connectivity index (χ4v) is 4.68. The molecule has 0 spiro atoms. The van der Waals surface area contributed by atoms with E-state index in [1.165, 1.54) is 29.4 Å². The minimum Gasteiger partial charge on any atom is -0.310 e. The summed E-state index contributed by atoms with van der Waals surface area (Å²) in [5.41, 5.74) is 4.23. The van der Waals surface area contributed by atoms with Gasteiger partial charge in [0.25, 0.3) is 0 Å². The molecule has 1 aromatic carbocycles. The van der Waals surface area contributed by atoms with Crippen molar-refractivity contribution < 1.29 is 8.42 Å². The van der Waals surface area contributed by atoms with Crippen molar-refractivity contribution in [3.8, 4) is 0 Å². The van der Waals surface area contributed by atoms with Crippen LogP contribution in [0.1, 0.15) is 42.0 Å². The summed E-state index contributed by atoms with van der Waals surface area (Å²) in [5, 5.41) is 3.55. The third-order valence-electron chi connectivity index (χ3n) is 4.83. The SMILES string of the molecule is Cc1ccc2c(c1)C(NCC1CC(S(C)(=O)=O)C1)CC2. The van der Waals surface area contributed by atoms with E-state index < -0.39 is 9.84 Å². The lowest BCUT2D eigenvalue weighted by Crippen LogP contribution is -2.41. The molecule has 0 radical (unpaired) electrons. The number of hydrogen-bond acceptors (Lipinski definition) is 3. The Morgan fingerprint density at radius 3 is 2.75 bits per heavy atom. The second-order valence-corrected chi connectivity index (χ2v) is 8.82. The molecule has 0 saturated heterocycles. The van der Waals surface area contributed by atoms with Crippen molar-refractivity contribution in [2.24, 2.45) is 5.92 Å². The molecular weight excluding hydrogens is 270 g/mol. The van der Waals surface area contributed by atoms with E-state index in [0.717, 1.165) is 25.8 Å². The van der Waals surface area contributed by atoms with Crippen LogP contribution in [0.5, 0.6) is 0 Å². The van der Waals surface area contributed by atoms with Gasteiger partial charge in [-0.15, -0.1) is 0 Å². The minimum atomic E-state index is -2.82. The van der Waals surface area contributed by atoms with E-state index >= 15 is 0 Å². The average Bonchev–Trinajstić information content (AvgIpc) is 2.68. The van der Waals surface area contributed by atoms with Crippen LogP contribution in [0.3, 0.4) is 0 Å². The zero-order chi connectivity index (χ0) is 14.3. The van der Waals surface area contributed by atoms with Crippen LogP contribution in [0.15, 0.2) is 18.2 Å². The van der Waals surface area contributed by atoms with Gasteiger partial charge in [0, 0.05) is 12.3 Å². The van der Waals surface area contributed by atoms with E-state index in [1.54, 1.807) is 0 Å². The molecule has 0 heterocycles. The number of hydrogen-bond donors (Lipinski definition) is 1. The molecule has 1 fully saturated rings. The number of aryl methyl sites for hydroxylation is 2. The normalized spacial score (nSPS) is 29.0. The molecule has 2 aliphatic rings. The number of nitrogens with one attached hydrogen (secondary N) is 1. The fraction of sp³-hybridized carbons (Fsp3) is 0.625. The third kappa shape index (κ3) is 2.77. The molecule has 0 aliphatic heterocycles. The summed E-state index contributed by atoms with van der Waals surface area (Å²) < 4.78 is 22.8. The summed E-state index contributed by atoms with van der Waals surface area (Å²) in [6.45, 7) is 3.09. The summed E-state index contributed by atoms with van der Waals surface area (Å²) in [6.07, 6.45) is 5.35. The number of sulfone groups is 1. The average molecular weight is 293 g/mol. The second-order valence-electron chi connectivity index (χ2n) is 6.49. The Balaban J connectivity index is 1.54. The summed E-state index contributed by atoms with van der Waals surface area (Å²) in [4.78, 5) is 0. The van der Waals surface area contributed by atoms with Gasteiger partial charge in [-0.05, 0) is 56.2 Å². The smallest absolute Gasteiger partial charge is 0.150 e. The van der Waals surface area contributed by atoms with Gasteiger partial charge in [0.2, 0.25) is 0 Å². The first-order valence-corrected chi connectivity index (χ1v) is 9.40. The van der Waals surface area contributed by atoms with Crippen LogP contribution in [0, 0.1) is 12.8 Å². The molecule has 2 aliphatic carbocycles. The van der Waals surface area contributed by atoms with Gasteiger partial charge >= 0.3 is 0 Å². The van der Waals surface area contributed by atoms with Gasteiger partial charge in [0.1, 0.15) is 9.84 Å². The van der Waals surface area contributed by atoms with Gasteiger partial charge in [0.15, 0.2) is 0 Å². The van der Waals surface area contributed by atoms with Crippen LogP contribution in [0.25, 0.3) is 0 Å². The zero-order valence-corrected chi connectivity index (χ0v) is 13.0. The molecule has 3 nitrogen and oxygen atoms in total. The van der Waals surface area contributed by atoms with Gasteiger partial charge in [-0.2, -0.15) is 0 Å². The van der Waals surface area contributed by atoms with Crippen molar-refractivity contribution >= 4 is 9.84 Å². The topological polar surface area (TPSA) is 46.2 Å². The van der Waals surface area contributed by atoms with E-state index in [-0.39, 0.29) is 5.25 Å². The lowest BCUT2D eigenvalue weighted by Gasteiger charge is -2.34. The monoisotopic (exact) mass is 293 g/mol. The molecular formula is C16H23NO2S. The van der Waals surface area contributed by atoms with Crippen molar-refractivity contribution in [1.29, 1.82) is 0 Å². The first-order chi connectivity index (χ1) is 9.43. The predicted molar refractivity (Wildman–Crippen MR) is 81.6 cm³/mol. The molecule has 0 amide bonds. The molecule has 1 aromatic rings. The maximum Gasteiger partial charge on any atom is 0.150 e. The Morgan fingerprint density at radius 2 is 2.05 bits per heavy atom. The van der Waals surface area contributed by atoms with Crippen molar-refractivity contribution in [3.05, 3.63) is 34.9 Å². The summed E-state index contributed by atoms with van der Waals surface area (Å²) in [7, 11) is -2.82. The minimum absolute atomic E-state index is 0.0904. The number of fused-ring (bicyclic) bond motifs is 1. The molecule has 4 heteroatoms. The van der Waals surface area contributed by atoms with Crippen molar-refractivity contribution in [2.75, 3.05) is 12.8 Å². The molecule has 3 rings (SSSR count). The zero-order valence-electron chi connectivity index (χ0n) is 12.2. The van der Waals surface area contributed by atoms with Gasteiger partial charge in [-0.1, -0.05) is 23.8 Å². The molecule has 110 valence electrons. The highest BCUT2D eigenvalue weighted by Gasteiger charge is 2.36. The Hall–Kier alpha value is -0.870. The van der Waals surface area contributed by atoms with Crippen molar-refractivity contribution in [1.82, 2.24) is 5.32 Å². The van der Waals surface area contributed by atoms with Gasteiger partial charge < -0.3 is 5.32 Å². The van der Waals surface area contributed by atoms with Crippen molar-refractivity contribution in [2.45, 2.75) is 43.9 Å². The predicted octanol–water partition coefficient (Wildman–Crippen LogP) is 2.40. The Bertz CT molecular complexity index is 603. The Morgan fingerprint density at radius 1 is 1.30 bits per heavy atom. The number of rotatable bonds is 4. The summed E-state index contributed by atoms with van der Waals surface area (Å²) >= 11 is 0. The maximum absolute atomic E-state index is 11.4. The Labute approximate surface area is 121 Å².